The first-order valence-corrected chi connectivity index (χ1v) is 11.3. The Bertz CT molecular complexity index is 1130. The van der Waals surface area contributed by atoms with Gasteiger partial charge in [0.25, 0.3) is 5.91 Å². The van der Waals surface area contributed by atoms with E-state index in [-0.39, 0.29) is 17.8 Å². The summed E-state index contributed by atoms with van der Waals surface area (Å²) in [6.45, 7) is 2.89. The molecule has 1 unspecified atom stereocenters. The lowest BCUT2D eigenvalue weighted by molar-refractivity contribution is 0.0854. The molecule has 3 heterocycles. The minimum absolute atomic E-state index is 0.0301. The predicted molar refractivity (Wildman–Crippen MR) is 124 cm³/mol. The van der Waals surface area contributed by atoms with Gasteiger partial charge in [-0.25, -0.2) is 4.39 Å². The van der Waals surface area contributed by atoms with Crippen LogP contribution in [0.5, 0.6) is 5.75 Å². The summed E-state index contributed by atoms with van der Waals surface area (Å²) in [6, 6.07) is 14.1. The highest BCUT2D eigenvalue weighted by atomic mass is 19.1. The lowest BCUT2D eigenvalue weighted by atomic mass is 9.98. The van der Waals surface area contributed by atoms with Gasteiger partial charge in [-0.15, -0.1) is 0 Å². The van der Waals surface area contributed by atoms with Gasteiger partial charge < -0.3 is 19.7 Å². The Balaban J connectivity index is 1.53. The molecule has 1 amide bonds. The number of rotatable bonds is 6. The Morgan fingerprint density at radius 3 is 2.88 bits per heavy atom. The van der Waals surface area contributed by atoms with Crippen molar-refractivity contribution in [2.45, 2.75) is 25.5 Å². The summed E-state index contributed by atoms with van der Waals surface area (Å²) in [5, 5.41) is 2.98. The summed E-state index contributed by atoms with van der Waals surface area (Å²) >= 11 is 0. The van der Waals surface area contributed by atoms with Gasteiger partial charge in [0.1, 0.15) is 12.4 Å². The van der Waals surface area contributed by atoms with Crippen LogP contribution in [0.25, 0.3) is 11.1 Å². The third kappa shape index (κ3) is 4.68. The van der Waals surface area contributed by atoms with Gasteiger partial charge in [-0.05, 0) is 48.2 Å². The third-order valence-electron chi connectivity index (χ3n) is 6.06. The smallest absolute Gasteiger partial charge is 0.255 e. The number of amides is 1. The molecule has 1 N–H and O–H groups in total. The lowest BCUT2D eigenvalue weighted by Crippen LogP contribution is -2.35. The van der Waals surface area contributed by atoms with Crippen LogP contribution < -0.4 is 15.0 Å². The van der Waals surface area contributed by atoms with E-state index < -0.39 is 0 Å². The molecule has 170 valence electrons. The van der Waals surface area contributed by atoms with Crippen molar-refractivity contribution < 1.29 is 18.7 Å². The summed E-state index contributed by atoms with van der Waals surface area (Å²) < 4.78 is 26.3. The molecule has 2 aliphatic heterocycles. The zero-order valence-electron chi connectivity index (χ0n) is 18.3. The number of halogens is 1. The van der Waals surface area contributed by atoms with E-state index in [4.69, 9.17) is 9.47 Å². The van der Waals surface area contributed by atoms with Crippen LogP contribution in [0.1, 0.15) is 28.8 Å². The van der Waals surface area contributed by atoms with Crippen LogP contribution in [0, 0.1) is 5.82 Å². The SMILES string of the molecule is O=C(NCC1CCCO1)c1cc(-c2ccccc2F)cc2c1OCCN2Cc1cccnc1. The maximum absolute atomic E-state index is 14.7. The average Bonchev–Trinajstić information content (AvgIpc) is 3.37. The molecule has 33 heavy (non-hydrogen) atoms. The standard InChI is InChI=1S/C26H26FN3O3/c27-23-8-2-1-7-21(23)19-13-22(26(31)29-16-20-6-4-11-32-20)25-24(14-19)30(10-12-33-25)17-18-5-3-9-28-15-18/h1-3,5,7-9,13-15,20H,4,6,10-12,16-17H2,(H,29,31). The van der Waals surface area contributed by atoms with Crippen molar-refractivity contribution in [3.05, 3.63) is 77.9 Å². The van der Waals surface area contributed by atoms with Crippen molar-refractivity contribution in [1.29, 1.82) is 0 Å². The molecule has 2 aromatic carbocycles. The van der Waals surface area contributed by atoms with Crippen LogP contribution in [0.15, 0.2) is 60.9 Å². The predicted octanol–water partition coefficient (Wildman–Crippen LogP) is 4.20. The van der Waals surface area contributed by atoms with Gasteiger partial charge in [0, 0.05) is 37.7 Å². The number of pyridine rings is 1. The largest absolute Gasteiger partial charge is 0.489 e. The van der Waals surface area contributed by atoms with Crippen molar-refractivity contribution in [2.75, 3.05) is 31.2 Å². The number of ether oxygens (including phenoxy) is 2. The quantitative estimate of drug-likeness (QED) is 0.614. The highest BCUT2D eigenvalue weighted by molar-refractivity contribution is 6.01. The lowest BCUT2D eigenvalue weighted by Gasteiger charge is -2.33. The molecule has 1 fully saturated rings. The normalized spacial score (nSPS) is 17.4. The van der Waals surface area contributed by atoms with E-state index in [1.165, 1.54) is 6.07 Å². The van der Waals surface area contributed by atoms with Gasteiger partial charge in [0.2, 0.25) is 0 Å². The molecule has 6 nitrogen and oxygen atoms in total. The molecular formula is C26H26FN3O3. The van der Waals surface area contributed by atoms with Crippen LogP contribution >= 0.6 is 0 Å². The summed E-state index contributed by atoms with van der Waals surface area (Å²) in [5.74, 6) is -0.0584. The average molecular weight is 448 g/mol. The van der Waals surface area contributed by atoms with E-state index in [0.29, 0.717) is 48.7 Å². The number of hydrogen-bond acceptors (Lipinski definition) is 5. The number of carbonyl (C=O) groups excluding carboxylic acids is 1. The first kappa shape index (κ1) is 21.4. The Morgan fingerprint density at radius 2 is 2.09 bits per heavy atom. The number of hydrogen-bond donors (Lipinski definition) is 1. The first-order chi connectivity index (χ1) is 16.2. The maximum atomic E-state index is 14.7. The molecule has 3 aromatic rings. The summed E-state index contributed by atoms with van der Waals surface area (Å²) in [5.41, 5.74) is 3.30. The summed E-state index contributed by atoms with van der Waals surface area (Å²) in [7, 11) is 0. The monoisotopic (exact) mass is 447 g/mol. The number of benzene rings is 2. The van der Waals surface area contributed by atoms with Crippen LogP contribution in [0.2, 0.25) is 0 Å². The Labute approximate surface area is 192 Å². The minimum atomic E-state index is -0.335. The molecule has 0 spiro atoms. The minimum Gasteiger partial charge on any atom is -0.489 e. The molecule has 7 heteroatoms. The number of nitrogens with one attached hydrogen (secondary N) is 1. The number of carbonyl (C=O) groups is 1. The topological polar surface area (TPSA) is 63.7 Å². The Hall–Kier alpha value is -3.45. The van der Waals surface area contributed by atoms with Crippen molar-refractivity contribution >= 4 is 11.6 Å². The van der Waals surface area contributed by atoms with Crippen LogP contribution in [0.4, 0.5) is 10.1 Å². The second kappa shape index (κ2) is 9.58. The van der Waals surface area contributed by atoms with Crippen molar-refractivity contribution in [3.8, 4) is 16.9 Å². The van der Waals surface area contributed by atoms with E-state index in [2.05, 4.69) is 15.2 Å². The summed E-state index contributed by atoms with van der Waals surface area (Å²) in [6.07, 6.45) is 5.53. The second-order valence-electron chi connectivity index (χ2n) is 8.33. The van der Waals surface area contributed by atoms with E-state index in [1.807, 2.05) is 24.4 Å². The van der Waals surface area contributed by atoms with E-state index in [0.717, 1.165) is 30.7 Å². The zero-order chi connectivity index (χ0) is 22.6. The van der Waals surface area contributed by atoms with Gasteiger partial charge in [-0.1, -0.05) is 24.3 Å². The molecule has 0 saturated carbocycles. The van der Waals surface area contributed by atoms with Crippen molar-refractivity contribution in [2.24, 2.45) is 0 Å². The molecule has 1 atom stereocenters. The van der Waals surface area contributed by atoms with Crippen molar-refractivity contribution in [3.63, 3.8) is 0 Å². The Morgan fingerprint density at radius 1 is 1.18 bits per heavy atom. The summed E-state index contributed by atoms with van der Waals surface area (Å²) in [4.78, 5) is 19.6. The molecule has 0 bridgehead atoms. The van der Waals surface area contributed by atoms with Gasteiger partial charge in [-0.2, -0.15) is 0 Å². The first-order valence-electron chi connectivity index (χ1n) is 11.3. The van der Waals surface area contributed by atoms with Gasteiger partial charge in [0.05, 0.1) is 23.9 Å². The molecule has 1 saturated heterocycles. The number of aromatic nitrogens is 1. The zero-order valence-corrected chi connectivity index (χ0v) is 18.3. The third-order valence-corrected chi connectivity index (χ3v) is 6.06. The molecule has 0 aliphatic carbocycles. The molecule has 5 rings (SSSR count). The van der Waals surface area contributed by atoms with E-state index in [1.54, 1.807) is 30.5 Å². The van der Waals surface area contributed by atoms with Crippen molar-refractivity contribution in [1.82, 2.24) is 10.3 Å². The van der Waals surface area contributed by atoms with Gasteiger partial charge in [-0.3, -0.25) is 9.78 Å². The molecule has 1 aromatic heterocycles. The van der Waals surface area contributed by atoms with E-state index in [9.17, 15) is 9.18 Å². The maximum Gasteiger partial charge on any atom is 0.255 e. The highest BCUT2D eigenvalue weighted by Crippen LogP contribution is 2.40. The van der Waals surface area contributed by atoms with E-state index >= 15 is 0 Å². The fourth-order valence-corrected chi connectivity index (χ4v) is 4.38. The fraction of sp³-hybridized carbons (Fsp3) is 0.308. The fourth-order valence-electron chi connectivity index (χ4n) is 4.38. The van der Waals surface area contributed by atoms with Crippen LogP contribution in [-0.2, 0) is 11.3 Å². The second-order valence-corrected chi connectivity index (χ2v) is 8.33. The molecule has 2 aliphatic rings. The van der Waals surface area contributed by atoms with Crippen LogP contribution in [0.3, 0.4) is 0 Å². The van der Waals surface area contributed by atoms with Gasteiger partial charge in [0.15, 0.2) is 5.75 Å². The highest BCUT2D eigenvalue weighted by Gasteiger charge is 2.27. The molecular weight excluding hydrogens is 421 g/mol. The number of nitrogens with zero attached hydrogens (tertiary/aromatic N) is 2. The van der Waals surface area contributed by atoms with Gasteiger partial charge >= 0.3 is 0 Å². The number of fused-ring (bicyclic) bond motifs is 1. The molecule has 0 radical (unpaired) electrons. The Kier molecular flexibility index (Phi) is 6.21. The number of anilines is 1. The van der Waals surface area contributed by atoms with Crippen LogP contribution in [-0.4, -0.2) is 43.3 Å².